The first-order valence-electron chi connectivity index (χ1n) is 5.85. The number of nitrogens with zero attached hydrogens (tertiary/aromatic N) is 2. The van der Waals surface area contributed by atoms with Crippen molar-refractivity contribution in [3.8, 4) is 0 Å². The molecule has 16 heavy (non-hydrogen) atoms. The third-order valence-corrected chi connectivity index (χ3v) is 2.18. The van der Waals surface area contributed by atoms with Gasteiger partial charge in [-0.1, -0.05) is 0 Å². The second-order valence-corrected chi connectivity index (χ2v) is 4.12. The monoisotopic (exact) mass is 233 g/mol. The number of likely N-dealkylation sites (N-methyl/N-ethyl adjacent to an activating group) is 2. The molecule has 0 unspecified atom stereocenters. The summed E-state index contributed by atoms with van der Waals surface area (Å²) in [5.41, 5.74) is 5.32. The molecule has 0 aromatic heterocycles. The van der Waals surface area contributed by atoms with Crippen LogP contribution in [0.25, 0.3) is 0 Å². The zero-order valence-corrected chi connectivity index (χ0v) is 10.9. The molecule has 0 bridgehead atoms. The fourth-order valence-electron chi connectivity index (χ4n) is 1.09. The van der Waals surface area contributed by atoms with E-state index in [0.717, 1.165) is 39.5 Å². The second-order valence-electron chi connectivity index (χ2n) is 4.12. The Morgan fingerprint density at radius 3 is 1.81 bits per heavy atom. The molecule has 0 fully saturated rings. The third-order valence-electron chi connectivity index (χ3n) is 2.18. The molecule has 2 N–H and O–H groups in total. The van der Waals surface area contributed by atoms with Crippen molar-refractivity contribution in [2.75, 3.05) is 73.7 Å². The second kappa shape index (κ2) is 11.3. The first kappa shape index (κ1) is 15.8. The van der Waals surface area contributed by atoms with Gasteiger partial charge in [0.05, 0.1) is 26.4 Å². The average Bonchev–Trinajstić information content (AvgIpc) is 2.23. The minimum Gasteiger partial charge on any atom is -0.379 e. The fraction of sp³-hybridized carbons (Fsp3) is 1.00. The van der Waals surface area contributed by atoms with Crippen LogP contribution in [0.3, 0.4) is 0 Å². The summed E-state index contributed by atoms with van der Waals surface area (Å²) < 4.78 is 10.8. The van der Waals surface area contributed by atoms with Crippen molar-refractivity contribution in [3.63, 3.8) is 0 Å². The highest BCUT2D eigenvalue weighted by atomic mass is 16.5. The van der Waals surface area contributed by atoms with E-state index in [-0.39, 0.29) is 0 Å². The van der Waals surface area contributed by atoms with Crippen molar-refractivity contribution in [1.82, 2.24) is 9.80 Å². The van der Waals surface area contributed by atoms with Crippen LogP contribution in [-0.2, 0) is 9.47 Å². The lowest BCUT2D eigenvalue weighted by molar-refractivity contribution is 0.0806. The van der Waals surface area contributed by atoms with Gasteiger partial charge < -0.3 is 25.0 Å². The maximum absolute atomic E-state index is 5.50. The highest BCUT2D eigenvalue weighted by molar-refractivity contribution is 4.50. The standard InChI is InChI=1S/C11H27N3O2/c1-13(2)5-9-16-11-7-14(3)6-10-15-8-4-12/h4-12H2,1-3H3. The Morgan fingerprint density at radius 2 is 1.31 bits per heavy atom. The van der Waals surface area contributed by atoms with E-state index in [1.165, 1.54) is 0 Å². The summed E-state index contributed by atoms with van der Waals surface area (Å²) in [6.45, 7) is 6.40. The van der Waals surface area contributed by atoms with Gasteiger partial charge in [0.25, 0.3) is 0 Å². The molecule has 0 atom stereocenters. The first-order chi connectivity index (χ1) is 7.66. The van der Waals surface area contributed by atoms with Crippen LogP contribution >= 0.6 is 0 Å². The fourth-order valence-corrected chi connectivity index (χ4v) is 1.09. The smallest absolute Gasteiger partial charge is 0.0594 e. The summed E-state index contributed by atoms with van der Waals surface area (Å²) in [4.78, 5) is 4.32. The van der Waals surface area contributed by atoms with Gasteiger partial charge in [-0.3, -0.25) is 0 Å². The molecule has 0 rings (SSSR count). The minimum atomic E-state index is 0.595. The van der Waals surface area contributed by atoms with Crippen molar-refractivity contribution < 1.29 is 9.47 Å². The Bertz CT molecular complexity index is 145. The highest BCUT2D eigenvalue weighted by Gasteiger charge is 1.98. The molecule has 0 aromatic carbocycles. The quantitative estimate of drug-likeness (QED) is 0.486. The zero-order valence-electron chi connectivity index (χ0n) is 10.9. The van der Waals surface area contributed by atoms with Crippen molar-refractivity contribution in [2.24, 2.45) is 5.73 Å². The minimum absolute atomic E-state index is 0.595. The summed E-state index contributed by atoms with van der Waals surface area (Å²) in [6, 6.07) is 0. The third kappa shape index (κ3) is 11.9. The largest absolute Gasteiger partial charge is 0.379 e. The van der Waals surface area contributed by atoms with Crippen LogP contribution in [-0.4, -0.2) is 83.5 Å². The number of hydrogen-bond acceptors (Lipinski definition) is 5. The Hall–Kier alpha value is -0.200. The Balaban J connectivity index is 3.14. The van der Waals surface area contributed by atoms with Gasteiger partial charge in [0, 0.05) is 26.2 Å². The first-order valence-corrected chi connectivity index (χ1v) is 5.85. The van der Waals surface area contributed by atoms with Crippen molar-refractivity contribution in [3.05, 3.63) is 0 Å². The summed E-state index contributed by atoms with van der Waals surface area (Å²) in [6.07, 6.45) is 0. The van der Waals surface area contributed by atoms with Crippen molar-refractivity contribution in [1.29, 1.82) is 0 Å². The number of rotatable bonds is 11. The molecule has 0 saturated heterocycles. The average molecular weight is 233 g/mol. The molecule has 0 saturated carbocycles. The summed E-state index contributed by atoms with van der Waals surface area (Å²) >= 11 is 0. The molecular formula is C11H27N3O2. The summed E-state index contributed by atoms with van der Waals surface area (Å²) in [5.74, 6) is 0. The Morgan fingerprint density at radius 1 is 0.812 bits per heavy atom. The molecule has 0 heterocycles. The van der Waals surface area contributed by atoms with E-state index in [0.29, 0.717) is 13.2 Å². The topological polar surface area (TPSA) is 51.0 Å². The van der Waals surface area contributed by atoms with E-state index >= 15 is 0 Å². The Labute approximate surface area is 99.5 Å². The van der Waals surface area contributed by atoms with Crippen molar-refractivity contribution in [2.45, 2.75) is 0 Å². The lowest BCUT2D eigenvalue weighted by Crippen LogP contribution is -2.28. The van der Waals surface area contributed by atoms with E-state index < -0.39 is 0 Å². The molecule has 0 radical (unpaired) electrons. The van der Waals surface area contributed by atoms with Crippen LogP contribution in [0.1, 0.15) is 0 Å². The molecule has 0 aliphatic rings. The lowest BCUT2D eigenvalue weighted by Gasteiger charge is -2.17. The van der Waals surface area contributed by atoms with Crippen LogP contribution in [0.5, 0.6) is 0 Å². The normalized spacial score (nSPS) is 11.6. The van der Waals surface area contributed by atoms with Gasteiger partial charge in [0.1, 0.15) is 0 Å². The van der Waals surface area contributed by atoms with Gasteiger partial charge in [0.2, 0.25) is 0 Å². The molecule has 0 aliphatic heterocycles. The lowest BCUT2D eigenvalue weighted by atomic mass is 10.5. The maximum atomic E-state index is 5.50. The van der Waals surface area contributed by atoms with E-state index in [2.05, 4.69) is 16.8 Å². The molecular weight excluding hydrogens is 206 g/mol. The number of hydrogen-bond donors (Lipinski definition) is 1. The van der Waals surface area contributed by atoms with Gasteiger partial charge in [-0.25, -0.2) is 0 Å². The predicted molar refractivity (Wildman–Crippen MR) is 66.7 cm³/mol. The van der Waals surface area contributed by atoms with E-state index in [1.54, 1.807) is 0 Å². The number of nitrogens with two attached hydrogens (primary N) is 1. The van der Waals surface area contributed by atoms with E-state index in [9.17, 15) is 0 Å². The predicted octanol–water partition coefficient (Wildman–Crippen LogP) is -0.528. The summed E-state index contributed by atoms with van der Waals surface area (Å²) in [7, 11) is 6.16. The van der Waals surface area contributed by atoms with Gasteiger partial charge in [-0.05, 0) is 21.1 Å². The number of ether oxygens (including phenoxy) is 2. The van der Waals surface area contributed by atoms with Crippen LogP contribution in [0.2, 0.25) is 0 Å². The molecule has 0 aromatic rings. The highest BCUT2D eigenvalue weighted by Crippen LogP contribution is 1.85. The van der Waals surface area contributed by atoms with Crippen LogP contribution in [0, 0.1) is 0 Å². The van der Waals surface area contributed by atoms with Gasteiger partial charge in [-0.15, -0.1) is 0 Å². The van der Waals surface area contributed by atoms with E-state index in [1.807, 2.05) is 14.1 Å². The molecule has 0 aliphatic carbocycles. The van der Waals surface area contributed by atoms with Gasteiger partial charge in [-0.2, -0.15) is 0 Å². The zero-order chi connectivity index (χ0) is 12.2. The van der Waals surface area contributed by atoms with E-state index in [4.69, 9.17) is 15.2 Å². The van der Waals surface area contributed by atoms with Crippen LogP contribution < -0.4 is 5.73 Å². The molecule has 5 nitrogen and oxygen atoms in total. The molecule has 5 heteroatoms. The molecule has 0 amide bonds. The molecule has 98 valence electrons. The van der Waals surface area contributed by atoms with Crippen LogP contribution in [0.4, 0.5) is 0 Å². The molecule has 0 spiro atoms. The van der Waals surface area contributed by atoms with Crippen LogP contribution in [0.15, 0.2) is 0 Å². The SMILES string of the molecule is CN(C)CCOCCN(C)CCOCCN. The van der Waals surface area contributed by atoms with Gasteiger partial charge in [0.15, 0.2) is 0 Å². The van der Waals surface area contributed by atoms with Gasteiger partial charge >= 0.3 is 0 Å². The summed E-state index contributed by atoms with van der Waals surface area (Å²) in [5, 5.41) is 0. The Kier molecular flexibility index (Phi) is 11.1. The maximum Gasteiger partial charge on any atom is 0.0594 e. The van der Waals surface area contributed by atoms with Crippen molar-refractivity contribution >= 4 is 0 Å².